The zero-order valence-electron chi connectivity index (χ0n) is 10.7. The van der Waals surface area contributed by atoms with Gasteiger partial charge in [0.05, 0.1) is 6.61 Å². The molecule has 0 atom stereocenters. The Kier molecular flexibility index (Phi) is 4.95. The maximum Gasteiger partial charge on any atom is 0.171 e. The highest BCUT2D eigenvalue weighted by molar-refractivity contribution is 9.10. The SMILES string of the molecule is N/C(=N/O)c1ccc(OCCc2ccccn2)cc1Br. The first-order chi connectivity index (χ1) is 9.70. The van der Waals surface area contributed by atoms with Gasteiger partial charge in [-0.15, -0.1) is 0 Å². The third-order valence-electron chi connectivity index (χ3n) is 2.68. The number of nitrogens with two attached hydrogens (primary N) is 1. The first-order valence-corrected chi connectivity index (χ1v) is 6.80. The third kappa shape index (κ3) is 3.71. The molecule has 1 heterocycles. The van der Waals surface area contributed by atoms with E-state index in [0.717, 1.165) is 12.1 Å². The molecule has 0 aliphatic carbocycles. The highest BCUT2D eigenvalue weighted by Gasteiger charge is 2.06. The first kappa shape index (κ1) is 14.3. The van der Waals surface area contributed by atoms with Crippen molar-refractivity contribution in [3.05, 3.63) is 58.3 Å². The number of amidine groups is 1. The summed E-state index contributed by atoms with van der Waals surface area (Å²) in [5.41, 5.74) is 7.14. The molecule has 3 N–H and O–H groups in total. The molecule has 0 spiro atoms. The number of hydrogen-bond donors (Lipinski definition) is 2. The fourth-order valence-corrected chi connectivity index (χ4v) is 2.23. The molecule has 1 aromatic carbocycles. The second-order valence-corrected chi connectivity index (χ2v) is 4.90. The molecule has 2 rings (SSSR count). The molecule has 0 unspecified atom stereocenters. The van der Waals surface area contributed by atoms with Gasteiger partial charge in [-0.2, -0.15) is 0 Å². The molecule has 104 valence electrons. The van der Waals surface area contributed by atoms with Crippen LogP contribution < -0.4 is 10.5 Å². The van der Waals surface area contributed by atoms with E-state index >= 15 is 0 Å². The van der Waals surface area contributed by atoms with E-state index in [-0.39, 0.29) is 5.84 Å². The lowest BCUT2D eigenvalue weighted by atomic mass is 10.2. The molecule has 0 saturated heterocycles. The largest absolute Gasteiger partial charge is 0.493 e. The Labute approximate surface area is 125 Å². The van der Waals surface area contributed by atoms with Gasteiger partial charge in [0.1, 0.15) is 5.75 Å². The highest BCUT2D eigenvalue weighted by atomic mass is 79.9. The van der Waals surface area contributed by atoms with Gasteiger partial charge in [0.25, 0.3) is 0 Å². The summed E-state index contributed by atoms with van der Waals surface area (Å²) in [6.45, 7) is 0.534. The standard InChI is InChI=1S/C14H14BrN3O2/c15-13-9-11(4-5-12(13)14(16)18-19)20-8-6-10-3-1-2-7-17-10/h1-5,7,9,19H,6,8H2,(H2,16,18). The van der Waals surface area contributed by atoms with Crippen molar-refractivity contribution in [2.45, 2.75) is 6.42 Å². The van der Waals surface area contributed by atoms with Crippen molar-refractivity contribution in [2.75, 3.05) is 6.61 Å². The number of oxime groups is 1. The minimum atomic E-state index is 0.0527. The van der Waals surface area contributed by atoms with E-state index in [1.807, 2.05) is 18.2 Å². The van der Waals surface area contributed by atoms with Crippen molar-refractivity contribution in [2.24, 2.45) is 10.9 Å². The third-order valence-corrected chi connectivity index (χ3v) is 3.33. The first-order valence-electron chi connectivity index (χ1n) is 6.01. The molecule has 5 nitrogen and oxygen atoms in total. The van der Waals surface area contributed by atoms with Gasteiger partial charge < -0.3 is 15.7 Å². The molecule has 20 heavy (non-hydrogen) atoms. The Bertz CT molecular complexity index is 603. The summed E-state index contributed by atoms with van der Waals surface area (Å²) in [6, 6.07) is 11.1. The van der Waals surface area contributed by atoms with E-state index < -0.39 is 0 Å². The van der Waals surface area contributed by atoms with Gasteiger partial charge in [0.15, 0.2) is 5.84 Å². The van der Waals surface area contributed by atoms with Crippen LogP contribution in [0.2, 0.25) is 0 Å². The number of hydrogen-bond acceptors (Lipinski definition) is 4. The average molecular weight is 336 g/mol. The van der Waals surface area contributed by atoms with E-state index in [2.05, 4.69) is 26.1 Å². The number of rotatable bonds is 5. The van der Waals surface area contributed by atoms with Gasteiger partial charge in [-0.1, -0.05) is 11.2 Å². The lowest BCUT2D eigenvalue weighted by Gasteiger charge is -2.08. The molecule has 0 bridgehead atoms. The van der Waals surface area contributed by atoms with Gasteiger partial charge in [-0.25, -0.2) is 0 Å². The minimum Gasteiger partial charge on any atom is -0.493 e. The molecule has 0 fully saturated rings. The number of benzene rings is 1. The predicted octanol–water partition coefficient (Wildman–Crippen LogP) is 2.56. The van der Waals surface area contributed by atoms with Gasteiger partial charge in [0.2, 0.25) is 0 Å². The number of aromatic nitrogens is 1. The van der Waals surface area contributed by atoms with Gasteiger partial charge in [0, 0.05) is 28.3 Å². The maximum atomic E-state index is 8.65. The molecule has 1 aromatic heterocycles. The number of pyridine rings is 1. The summed E-state index contributed by atoms with van der Waals surface area (Å²) in [7, 11) is 0. The number of halogens is 1. The zero-order valence-corrected chi connectivity index (χ0v) is 12.2. The van der Waals surface area contributed by atoms with Crippen LogP contribution in [-0.4, -0.2) is 22.6 Å². The van der Waals surface area contributed by atoms with Gasteiger partial charge >= 0.3 is 0 Å². The summed E-state index contributed by atoms with van der Waals surface area (Å²) in [5.74, 6) is 0.763. The van der Waals surface area contributed by atoms with Crippen LogP contribution in [0.25, 0.3) is 0 Å². The second-order valence-electron chi connectivity index (χ2n) is 4.05. The molecule has 2 aromatic rings. The highest BCUT2D eigenvalue weighted by Crippen LogP contribution is 2.23. The Morgan fingerprint density at radius 1 is 1.35 bits per heavy atom. The van der Waals surface area contributed by atoms with Crippen molar-refractivity contribution in [1.29, 1.82) is 0 Å². The molecule has 0 aliphatic rings. The minimum absolute atomic E-state index is 0.0527. The monoisotopic (exact) mass is 335 g/mol. The average Bonchev–Trinajstić information content (AvgIpc) is 2.48. The Morgan fingerprint density at radius 3 is 2.85 bits per heavy atom. The summed E-state index contributed by atoms with van der Waals surface area (Å²) >= 11 is 3.36. The summed E-state index contributed by atoms with van der Waals surface area (Å²) in [6.07, 6.45) is 2.50. The Balaban J connectivity index is 1.96. The summed E-state index contributed by atoms with van der Waals surface area (Å²) in [5, 5.41) is 11.6. The topological polar surface area (TPSA) is 80.7 Å². The van der Waals surface area contributed by atoms with Crippen molar-refractivity contribution >= 4 is 21.8 Å². The molecule has 0 aliphatic heterocycles. The van der Waals surface area contributed by atoms with Crippen molar-refractivity contribution in [1.82, 2.24) is 4.98 Å². The number of ether oxygens (including phenoxy) is 1. The molecular weight excluding hydrogens is 322 g/mol. The Morgan fingerprint density at radius 2 is 2.20 bits per heavy atom. The van der Waals surface area contributed by atoms with Crippen LogP contribution in [0.5, 0.6) is 5.75 Å². The van der Waals surface area contributed by atoms with E-state index in [0.29, 0.717) is 22.4 Å². The van der Waals surface area contributed by atoms with Crippen LogP contribution in [0, 0.1) is 0 Å². The van der Waals surface area contributed by atoms with E-state index in [4.69, 9.17) is 15.7 Å². The lowest BCUT2D eigenvalue weighted by molar-refractivity contribution is 0.318. The van der Waals surface area contributed by atoms with E-state index in [9.17, 15) is 0 Å². The van der Waals surface area contributed by atoms with Crippen molar-refractivity contribution in [3.8, 4) is 5.75 Å². The van der Waals surface area contributed by atoms with Crippen molar-refractivity contribution in [3.63, 3.8) is 0 Å². The Hall–Kier alpha value is -2.08. The smallest absolute Gasteiger partial charge is 0.171 e. The summed E-state index contributed by atoms with van der Waals surface area (Å²) < 4.78 is 6.36. The fraction of sp³-hybridized carbons (Fsp3) is 0.143. The lowest BCUT2D eigenvalue weighted by Crippen LogP contribution is -2.13. The normalized spacial score (nSPS) is 11.3. The molecule has 0 amide bonds. The molecule has 0 radical (unpaired) electrons. The van der Waals surface area contributed by atoms with Crippen LogP contribution in [0.3, 0.4) is 0 Å². The summed E-state index contributed by atoms with van der Waals surface area (Å²) in [4.78, 5) is 4.23. The second kappa shape index (κ2) is 6.91. The van der Waals surface area contributed by atoms with Crippen LogP contribution in [0.15, 0.2) is 52.2 Å². The van der Waals surface area contributed by atoms with E-state index in [1.165, 1.54) is 0 Å². The molecule has 0 saturated carbocycles. The quantitative estimate of drug-likeness (QED) is 0.381. The van der Waals surface area contributed by atoms with Crippen LogP contribution in [0.1, 0.15) is 11.3 Å². The fourth-order valence-electron chi connectivity index (χ4n) is 1.67. The predicted molar refractivity (Wildman–Crippen MR) is 80.1 cm³/mol. The van der Waals surface area contributed by atoms with Crippen LogP contribution >= 0.6 is 15.9 Å². The van der Waals surface area contributed by atoms with Gasteiger partial charge in [-0.05, 0) is 46.3 Å². The number of nitrogens with zero attached hydrogens (tertiary/aromatic N) is 2. The maximum absolute atomic E-state index is 8.65. The molecule has 6 heteroatoms. The van der Waals surface area contributed by atoms with Crippen molar-refractivity contribution < 1.29 is 9.94 Å². The molecular formula is C14H14BrN3O2. The van der Waals surface area contributed by atoms with Crippen LogP contribution in [-0.2, 0) is 6.42 Å². The van der Waals surface area contributed by atoms with Crippen LogP contribution in [0.4, 0.5) is 0 Å². The zero-order chi connectivity index (χ0) is 14.4. The van der Waals surface area contributed by atoms with E-state index in [1.54, 1.807) is 24.4 Å². The van der Waals surface area contributed by atoms with Gasteiger partial charge in [-0.3, -0.25) is 4.98 Å².